The highest BCUT2D eigenvalue weighted by Gasteiger charge is 1.99. The molecule has 1 heterocycles. The Kier molecular flexibility index (Phi) is 1.82. The van der Waals surface area contributed by atoms with Gasteiger partial charge in [-0.1, -0.05) is 36.5 Å². The fourth-order valence-electron chi connectivity index (χ4n) is 1.07. The zero-order valence-corrected chi connectivity index (χ0v) is 6.51. The van der Waals surface area contributed by atoms with E-state index in [1.54, 1.807) is 12.4 Å². The van der Waals surface area contributed by atoms with Gasteiger partial charge in [-0.05, 0) is 5.57 Å². The van der Waals surface area contributed by atoms with E-state index in [0.29, 0.717) is 0 Å². The maximum Gasteiger partial charge on any atom is 0.0590 e. The molecule has 12 heavy (non-hydrogen) atoms. The second-order valence-electron chi connectivity index (χ2n) is 2.50. The summed E-state index contributed by atoms with van der Waals surface area (Å²) in [5.74, 6) is 0. The number of rotatable bonds is 0. The molecule has 0 spiro atoms. The topological polar surface area (TPSA) is 24.7 Å². The molecule has 0 aromatic rings. The van der Waals surface area contributed by atoms with Crippen LogP contribution in [0.3, 0.4) is 0 Å². The number of allylic oxidation sites excluding steroid dienone is 8. The third-order valence-corrected chi connectivity index (χ3v) is 1.68. The summed E-state index contributed by atoms with van der Waals surface area (Å²) in [5.41, 5.74) is 2.20. The van der Waals surface area contributed by atoms with Gasteiger partial charge in [0.05, 0.1) is 12.4 Å². The van der Waals surface area contributed by atoms with Crippen LogP contribution in [0.25, 0.3) is 0 Å². The van der Waals surface area contributed by atoms with E-state index in [4.69, 9.17) is 0 Å². The Morgan fingerprint density at radius 1 is 0.667 bits per heavy atom. The van der Waals surface area contributed by atoms with Crippen molar-refractivity contribution in [1.29, 1.82) is 0 Å². The average Bonchev–Trinajstić information content (AvgIpc) is 2.48. The van der Waals surface area contributed by atoms with Gasteiger partial charge in [-0.25, -0.2) is 0 Å². The van der Waals surface area contributed by atoms with Crippen LogP contribution in [-0.4, -0.2) is 12.4 Å². The summed E-state index contributed by atoms with van der Waals surface area (Å²) < 4.78 is 0. The predicted molar refractivity (Wildman–Crippen MR) is 51.4 cm³/mol. The van der Waals surface area contributed by atoms with E-state index in [1.807, 2.05) is 36.5 Å². The Balaban J connectivity index is 2.40. The second kappa shape index (κ2) is 3.13. The van der Waals surface area contributed by atoms with Gasteiger partial charge in [0.1, 0.15) is 0 Å². The molecule has 58 valence electrons. The Morgan fingerprint density at radius 2 is 1.25 bits per heavy atom. The summed E-state index contributed by atoms with van der Waals surface area (Å²) in [4.78, 5) is 0. The van der Waals surface area contributed by atoms with Gasteiger partial charge >= 0.3 is 0 Å². The highest BCUT2D eigenvalue weighted by atomic mass is 15.2. The molecule has 2 heteroatoms. The van der Waals surface area contributed by atoms with Crippen molar-refractivity contribution in [2.45, 2.75) is 0 Å². The van der Waals surface area contributed by atoms with E-state index >= 15 is 0 Å². The molecule has 2 aliphatic rings. The summed E-state index contributed by atoms with van der Waals surface area (Å²) >= 11 is 0. The predicted octanol–water partition coefficient (Wildman–Crippen LogP) is 2.04. The molecule has 0 aromatic heterocycles. The van der Waals surface area contributed by atoms with E-state index in [2.05, 4.69) is 10.2 Å². The van der Waals surface area contributed by atoms with Crippen molar-refractivity contribution in [3.8, 4) is 0 Å². The van der Waals surface area contributed by atoms with E-state index in [1.165, 1.54) is 0 Å². The van der Waals surface area contributed by atoms with Gasteiger partial charge in [-0.3, -0.25) is 0 Å². The molecule has 0 fully saturated rings. The first-order chi connectivity index (χ1) is 5.97. The first-order valence-electron chi connectivity index (χ1n) is 3.79. The van der Waals surface area contributed by atoms with Crippen molar-refractivity contribution in [2.24, 2.45) is 10.2 Å². The van der Waals surface area contributed by atoms with Gasteiger partial charge in [-0.15, -0.1) is 0 Å². The van der Waals surface area contributed by atoms with Gasteiger partial charge in [0.15, 0.2) is 0 Å². The molecule has 0 atom stereocenters. The lowest BCUT2D eigenvalue weighted by Crippen LogP contribution is -1.85. The Hall–Kier alpha value is -1.70. The maximum atomic E-state index is 3.77. The minimum Gasteiger partial charge on any atom is -0.158 e. The monoisotopic (exact) mass is 156 g/mol. The van der Waals surface area contributed by atoms with Crippen LogP contribution in [0.15, 0.2) is 57.8 Å². The van der Waals surface area contributed by atoms with Gasteiger partial charge in [0, 0.05) is 5.57 Å². The van der Waals surface area contributed by atoms with Crippen LogP contribution in [0.1, 0.15) is 0 Å². The molecule has 0 aromatic carbocycles. The van der Waals surface area contributed by atoms with Crippen molar-refractivity contribution >= 4 is 12.4 Å². The van der Waals surface area contributed by atoms with Gasteiger partial charge in [-0.2, -0.15) is 10.2 Å². The molecule has 0 N–H and O–H groups in total. The zero-order valence-electron chi connectivity index (χ0n) is 6.51. The van der Waals surface area contributed by atoms with Gasteiger partial charge in [0.25, 0.3) is 0 Å². The third-order valence-electron chi connectivity index (χ3n) is 1.68. The van der Waals surface area contributed by atoms with E-state index < -0.39 is 0 Å². The molecular formula is C10H8N2. The van der Waals surface area contributed by atoms with Crippen molar-refractivity contribution in [1.82, 2.24) is 0 Å². The lowest BCUT2D eigenvalue weighted by Gasteiger charge is -1.92. The summed E-state index contributed by atoms with van der Waals surface area (Å²) in [6.07, 6.45) is 15.6. The molecule has 2 nitrogen and oxygen atoms in total. The van der Waals surface area contributed by atoms with E-state index in [9.17, 15) is 0 Å². The summed E-state index contributed by atoms with van der Waals surface area (Å²) in [6.45, 7) is 0. The summed E-state index contributed by atoms with van der Waals surface area (Å²) in [7, 11) is 0. The minimum absolute atomic E-state index is 1.06. The molecule has 0 radical (unpaired) electrons. The summed E-state index contributed by atoms with van der Waals surface area (Å²) in [5, 5.41) is 7.54. The molecule has 1 aliphatic carbocycles. The number of hydrogen-bond donors (Lipinski definition) is 0. The van der Waals surface area contributed by atoms with Crippen LogP contribution in [0.5, 0.6) is 0 Å². The first kappa shape index (κ1) is 6.98. The van der Waals surface area contributed by atoms with Crippen molar-refractivity contribution in [3.63, 3.8) is 0 Å². The Labute approximate surface area is 71.0 Å². The standard InChI is InChI=1S/C10H8N2/c1-2-4-6-9(5-3-1)10-7-11-12-8-10/h1-8H. The average molecular weight is 156 g/mol. The molecule has 0 bridgehead atoms. The van der Waals surface area contributed by atoms with Crippen molar-refractivity contribution < 1.29 is 0 Å². The third kappa shape index (κ3) is 1.32. The van der Waals surface area contributed by atoms with Gasteiger partial charge in [0.2, 0.25) is 0 Å². The van der Waals surface area contributed by atoms with Crippen LogP contribution < -0.4 is 0 Å². The smallest absolute Gasteiger partial charge is 0.0590 e. The van der Waals surface area contributed by atoms with Gasteiger partial charge < -0.3 is 0 Å². The van der Waals surface area contributed by atoms with Crippen LogP contribution >= 0.6 is 0 Å². The number of nitrogens with zero attached hydrogens (tertiary/aromatic N) is 2. The molecular weight excluding hydrogens is 148 g/mol. The largest absolute Gasteiger partial charge is 0.158 e. The van der Waals surface area contributed by atoms with E-state index in [0.717, 1.165) is 11.1 Å². The molecule has 0 unspecified atom stereocenters. The van der Waals surface area contributed by atoms with Crippen molar-refractivity contribution in [3.05, 3.63) is 47.6 Å². The maximum absolute atomic E-state index is 3.77. The highest BCUT2D eigenvalue weighted by molar-refractivity contribution is 6.08. The zero-order chi connectivity index (χ0) is 8.23. The summed E-state index contributed by atoms with van der Waals surface area (Å²) in [6, 6.07) is 0. The van der Waals surface area contributed by atoms with Crippen LogP contribution in [0.2, 0.25) is 0 Å². The lowest BCUT2D eigenvalue weighted by molar-refractivity contribution is 1.29. The minimum atomic E-state index is 1.06. The molecule has 0 saturated carbocycles. The second-order valence-corrected chi connectivity index (χ2v) is 2.50. The molecule has 0 amide bonds. The SMILES string of the molecule is C1=CC=CC(=C2C=NN=C2)C=C1. The Bertz CT molecular complexity index is 320. The number of hydrogen-bond acceptors (Lipinski definition) is 2. The van der Waals surface area contributed by atoms with Crippen LogP contribution in [0.4, 0.5) is 0 Å². The Morgan fingerprint density at radius 3 is 1.83 bits per heavy atom. The molecule has 2 rings (SSSR count). The fourth-order valence-corrected chi connectivity index (χ4v) is 1.07. The van der Waals surface area contributed by atoms with Crippen molar-refractivity contribution in [2.75, 3.05) is 0 Å². The normalized spacial score (nSPS) is 19.3. The first-order valence-corrected chi connectivity index (χ1v) is 3.79. The fraction of sp³-hybridized carbons (Fsp3) is 0. The quantitative estimate of drug-likeness (QED) is 0.512. The molecule has 1 aliphatic heterocycles. The highest BCUT2D eigenvalue weighted by Crippen LogP contribution is 2.10. The lowest BCUT2D eigenvalue weighted by atomic mass is 10.1. The van der Waals surface area contributed by atoms with Crippen LogP contribution in [0, 0.1) is 0 Å². The van der Waals surface area contributed by atoms with Crippen LogP contribution in [-0.2, 0) is 0 Å². The molecule has 0 saturated heterocycles. The van der Waals surface area contributed by atoms with E-state index in [-0.39, 0.29) is 0 Å².